The maximum absolute atomic E-state index is 10.9. The Labute approximate surface area is 128 Å². The smallest absolute Gasteiger partial charge is 0.153 e. The van der Waals surface area contributed by atoms with E-state index in [2.05, 4.69) is 0 Å². The van der Waals surface area contributed by atoms with E-state index >= 15 is 0 Å². The van der Waals surface area contributed by atoms with Gasteiger partial charge in [0.25, 0.3) is 0 Å². The zero-order chi connectivity index (χ0) is 15.1. The summed E-state index contributed by atoms with van der Waals surface area (Å²) in [5.74, 6) is 1.92. The standard InChI is InChI=1S/C16H15ClO4/c1-19-14-3-2-4-15(10-14)20-7-8-21-16-6-5-13(17)9-12(16)11-18/h2-6,9-11H,7-8H2,1H3. The van der Waals surface area contributed by atoms with E-state index in [-0.39, 0.29) is 0 Å². The Bertz CT molecular complexity index is 613. The molecule has 0 aliphatic carbocycles. The van der Waals surface area contributed by atoms with Gasteiger partial charge in [-0.1, -0.05) is 17.7 Å². The molecule has 2 aromatic carbocycles. The van der Waals surface area contributed by atoms with E-state index in [4.69, 9.17) is 25.8 Å². The fourth-order valence-electron chi connectivity index (χ4n) is 1.74. The van der Waals surface area contributed by atoms with Gasteiger partial charge in [0.05, 0.1) is 12.7 Å². The summed E-state index contributed by atoms with van der Waals surface area (Å²) < 4.78 is 16.2. The van der Waals surface area contributed by atoms with Gasteiger partial charge in [0, 0.05) is 11.1 Å². The van der Waals surface area contributed by atoms with Crippen LogP contribution in [-0.4, -0.2) is 26.6 Å². The number of halogens is 1. The highest BCUT2D eigenvalue weighted by atomic mass is 35.5. The van der Waals surface area contributed by atoms with E-state index in [9.17, 15) is 4.79 Å². The van der Waals surface area contributed by atoms with Crippen LogP contribution in [-0.2, 0) is 0 Å². The zero-order valence-corrected chi connectivity index (χ0v) is 12.3. The maximum Gasteiger partial charge on any atom is 0.153 e. The summed E-state index contributed by atoms with van der Waals surface area (Å²) >= 11 is 5.81. The first-order valence-electron chi connectivity index (χ1n) is 6.37. The summed E-state index contributed by atoms with van der Waals surface area (Å²) in [5, 5.41) is 0.497. The normalized spacial score (nSPS) is 10.0. The van der Waals surface area contributed by atoms with Crippen LogP contribution in [0.2, 0.25) is 5.02 Å². The molecular weight excluding hydrogens is 292 g/mol. The Balaban J connectivity index is 1.85. The van der Waals surface area contributed by atoms with E-state index in [1.54, 1.807) is 31.4 Å². The molecule has 0 saturated carbocycles. The van der Waals surface area contributed by atoms with Gasteiger partial charge in [-0.3, -0.25) is 4.79 Å². The molecule has 0 radical (unpaired) electrons. The molecule has 0 aliphatic rings. The molecule has 0 spiro atoms. The predicted octanol–water partition coefficient (Wildman–Crippen LogP) is 3.62. The third-order valence-corrected chi connectivity index (χ3v) is 2.98. The molecule has 4 nitrogen and oxygen atoms in total. The fourth-order valence-corrected chi connectivity index (χ4v) is 1.93. The molecule has 0 bridgehead atoms. The van der Waals surface area contributed by atoms with Crippen LogP contribution in [0.15, 0.2) is 42.5 Å². The molecule has 2 aromatic rings. The van der Waals surface area contributed by atoms with Crippen LogP contribution in [0.5, 0.6) is 17.2 Å². The number of methoxy groups -OCH3 is 1. The number of benzene rings is 2. The van der Waals surface area contributed by atoms with Gasteiger partial charge in [-0.15, -0.1) is 0 Å². The van der Waals surface area contributed by atoms with Crippen molar-refractivity contribution in [3.8, 4) is 17.2 Å². The summed E-state index contributed by atoms with van der Waals surface area (Å²) in [4.78, 5) is 10.9. The summed E-state index contributed by atoms with van der Waals surface area (Å²) in [6.07, 6.45) is 0.712. The lowest BCUT2D eigenvalue weighted by molar-refractivity contribution is 0.111. The Morgan fingerprint density at radius 3 is 2.57 bits per heavy atom. The van der Waals surface area contributed by atoms with Crippen LogP contribution >= 0.6 is 11.6 Å². The van der Waals surface area contributed by atoms with E-state index in [1.807, 2.05) is 18.2 Å². The molecule has 0 saturated heterocycles. The molecule has 0 aromatic heterocycles. The molecule has 0 N–H and O–H groups in total. The molecule has 0 fully saturated rings. The van der Waals surface area contributed by atoms with Gasteiger partial charge in [-0.25, -0.2) is 0 Å². The fraction of sp³-hybridized carbons (Fsp3) is 0.188. The molecule has 0 atom stereocenters. The van der Waals surface area contributed by atoms with Crippen LogP contribution in [0, 0.1) is 0 Å². The van der Waals surface area contributed by atoms with Crippen molar-refractivity contribution in [1.82, 2.24) is 0 Å². The minimum atomic E-state index is 0.319. The number of carbonyl (C=O) groups is 1. The van der Waals surface area contributed by atoms with Gasteiger partial charge in [0.1, 0.15) is 30.5 Å². The molecule has 110 valence electrons. The van der Waals surface area contributed by atoms with E-state index in [0.29, 0.717) is 41.6 Å². The SMILES string of the molecule is COc1cccc(OCCOc2ccc(Cl)cc2C=O)c1. The minimum absolute atomic E-state index is 0.319. The van der Waals surface area contributed by atoms with Crippen LogP contribution in [0.25, 0.3) is 0 Å². The van der Waals surface area contributed by atoms with Gasteiger partial charge in [-0.2, -0.15) is 0 Å². The molecule has 0 heterocycles. The first-order valence-corrected chi connectivity index (χ1v) is 6.75. The number of hydrogen-bond donors (Lipinski definition) is 0. The van der Waals surface area contributed by atoms with Crippen LogP contribution in [0.1, 0.15) is 10.4 Å². The minimum Gasteiger partial charge on any atom is -0.497 e. The average molecular weight is 307 g/mol. The van der Waals surface area contributed by atoms with Crippen molar-refractivity contribution in [3.63, 3.8) is 0 Å². The molecule has 0 unspecified atom stereocenters. The summed E-state index contributed by atoms with van der Waals surface area (Å²) in [6, 6.07) is 12.2. The van der Waals surface area contributed by atoms with Crippen molar-refractivity contribution < 1.29 is 19.0 Å². The molecular formula is C16H15ClO4. The van der Waals surface area contributed by atoms with Gasteiger partial charge >= 0.3 is 0 Å². The Hall–Kier alpha value is -2.20. The second kappa shape index (κ2) is 7.55. The Kier molecular flexibility index (Phi) is 5.46. The lowest BCUT2D eigenvalue weighted by atomic mass is 10.2. The summed E-state index contributed by atoms with van der Waals surface area (Å²) in [6.45, 7) is 0.674. The highest BCUT2D eigenvalue weighted by Crippen LogP contribution is 2.22. The lowest BCUT2D eigenvalue weighted by Gasteiger charge is -2.10. The van der Waals surface area contributed by atoms with E-state index < -0.39 is 0 Å². The number of aldehydes is 1. The lowest BCUT2D eigenvalue weighted by Crippen LogP contribution is -2.10. The second-order valence-corrected chi connectivity index (χ2v) is 4.61. The van der Waals surface area contributed by atoms with Crippen molar-refractivity contribution in [2.75, 3.05) is 20.3 Å². The monoisotopic (exact) mass is 306 g/mol. The van der Waals surface area contributed by atoms with Crippen molar-refractivity contribution in [3.05, 3.63) is 53.1 Å². The number of hydrogen-bond acceptors (Lipinski definition) is 4. The maximum atomic E-state index is 10.9. The number of rotatable bonds is 7. The van der Waals surface area contributed by atoms with Gasteiger partial charge < -0.3 is 14.2 Å². The topological polar surface area (TPSA) is 44.8 Å². The first kappa shape index (κ1) is 15.2. The van der Waals surface area contributed by atoms with Crippen molar-refractivity contribution >= 4 is 17.9 Å². The average Bonchev–Trinajstić information content (AvgIpc) is 2.52. The van der Waals surface area contributed by atoms with E-state index in [1.165, 1.54) is 0 Å². The number of carbonyl (C=O) groups excluding carboxylic acids is 1. The largest absolute Gasteiger partial charge is 0.497 e. The second-order valence-electron chi connectivity index (χ2n) is 4.18. The highest BCUT2D eigenvalue weighted by Gasteiger charge is 2.04. The molecule has 21 heavy (non-hydrogen) atoms. The highest BCUT2D eigenvalue weighted by molar-refractivity contribution is 6.30. The van der Waals surface area contributed by atoms with Crippen LogP contribution in [0.3, 0.4) is 0 Å². The Morgan fingerprint density at radius 1 is 1.05 bits per heavy atom. The third-order valence-electron chi connectivity index (χ3n) is 2.75. The zero-order valence-electron chi connectivity index (χ0n) is 11.5. The van der Waals surface area contributed by atoms with Gasteiger partial charge in [0.15, 0.2) is 6.29 Å². The van der Waals surface area contributed by atoms with Gasteiger partial charge in [0.2, 0.25) is 0 Å². The van der Waals surface area contributed by atoms with Crippen molar-refractivity contribution in [2.24, 2.45) is 0 Å². The third kappa shape index (κ3) is 4.39. The van der Waals surface area contributed by atoms with Gasteiger partial charge in [-0.05, 0) is 30.3 Å². The van der Waals surface area contributed by atoms with Crippen LogP contribution < -0.4 is 14.2 Å². The quantitative estimate of drug-likeness (QED) is 0.579. The van der Waals surface area contributed by atoms with Crippen LogP contribution in [0.4, 0.5) is 0 Å². The molecule has 5 heteroatoms. The Morgan fingerprint density at radius 2 is 1.81 bits per heavy atom. The van der Waals surface area contributed by atoms with Crippen molar-refractivity contribution in [2.45, 2.75) is 0 Å². The first-order chi connectivity index (χ1) is 10.2. The molecule has 0 amide bonds. The van der Waals surface area contributed by atoms with Crippen molar-refractivity contribution in [1.29, 1.82) is 0 Å². The van der Waals surface area contributed by atoms with E-state index in [0.717, 1.165) is 5.75 Å². The summed E-state index contributed by atoms with van der Waals surface area (Å²) in [5.41, 5.74) is 0.420. The predicted molar refractivity (Wildman–Crippen MR) is 80.8 cm³/mol. The molecule has 0 aliphatic heterocycles. The summed E-state index contributed by atoms with van der Waals surface area (Å²) in [7, 11) is 1.60. The number of ether oxygens (including phenoxy) is 3. The molecule has 2 rings (SSSR count).